The molecule has 2 aromatic carbocycles. The highest BCUT2D eigenvalue weighted by molar-refractivity contribution is 6.31. The highest BCUT2D eigenvalue weighted by Crippen LogP contribution is 2.42. The first-order valence-corrected chi connectivity index (χ1v) is 7.42. The number of halogens is 3. The highest BCUT2D eigenvalue weighted by Gasteiger charge is 2.29. The quantitative estimate of drug-likeness (QED) is 0.846. The van der Waals surface area contributed by atoms with Crippen LogP contribution in [0.5, 0.6) is 5.75 Å². The van der Waals surface area contributed by atoms with Gasteiger partial charge in [-0.15, -0.1) is 0 Å². The summed E-state index contributed by atoms with van der Waals surface area (Å²) in [6.45, 7) is 0. The monoisotopic (exact) mass is 325 g/mol. The zero-order chi connectivity index (χ0) is 15.0. The van der Waals surface area contributed by atoms with Crippen molar-refractivity contribution in [2.75, 3.05) is 7.05 Å². The second-order valence-corrected chi connectivity index (χ2v) is 5.88. The Kier molecular flexibility index (Phi) is 4.07. The smallest absolute Gasteiger partial charge is 0.142 e. The van der Waals surface area contributed by atoms with E-state index in [1.807, 2.05) is 19.2 Å². The standard InChI is InChI=1S/C16H14Cl2FNO/c1-20-14-8-16(9-2-4-12(18)13(19)6-9)21-15-5-3-10(17)7-11(14)15/h2-7,14,16,20H,8H2,1H3. The molecule has 0 amide bonds. The number of hydrogen-bond donors (Lipinski definition) is 1. The molecule has 2 unspecified atom stereocenters. The predicted octanol–water partition coefficient (Wildman–Crippen LogP) is 4.92. The summed E-state index contributed by atoms with van der Waals surface area (Å²) >= 11 is 11.8. The van der Waals surface area contributed by atoms with Gasteiger partial charge in [0, 0.05) is 23.0 Å². The van der Waals surface area contributed by atoms with Crippen molar-refractivity contribution in [1.82, 2.24) is 5.32 Å². The third-order valence-electron chi connectivity index (χ3n) is 3.73. The Morgan fingerprint density at radius 2 is 2.00 bits per heavy atom. The molecule has 0 saturated heterocycles. The lowest BCUT2D eigenvalue weighted by Crippen LogP contribution is -2.26. The van der Waals surface area contributed by atoms with E-state index in [2.05, 4.69) is 5.32 Å². The molecule has 2 atom stereocenters. The van der Waals surface area contributed by atoms with Gasteiger partial charge in [-0.1, -0.05) is 29.3 Å². The number of benzene rings is 2. The molecule has 110 valence electrons. The van der Waals surface area contributed by atoms with Gasteiger partial charge in [-0.3, -0.25) is 0 Å². The molecule has 2 nitrogen and oxygen atoms in total. The minimum absolute atomic E-state index is 0.108. The van der Waals surface area contributed by atoms with E-state index in [1.54, 1.807) is 18.2 Å². The van der Waals surface area contributed by atoms with Crippen LogP contribution in [0.15, 0.2) is 36.4 Å². The van der Waals surface area contributed by atoms with Crippen LogP contribution in [0.1, 0.15) is 29.7 Å². The summed E-state index contributed by atoms with van der Waals surface area (Å²) in [7, 11) is 1.89. The van der Waals surface area contributed by atoms with Crippen LogP contribution in [0.4, 0.5) is 4.39 Å². The summed E-state index contributed by atoms with van der Waals surface area (Å²) in [5.41, 5.74) is 1.80. The Morgan fingerprint density at radius 3 is 2.71 bits per heavy atom. The fraction of sp³-hybridized carbons (Fsp3) is 0.250. The molecule has 0 fully saturated rings. The van der Waals surface area contributed by atoms with E-state index in [0.29, 0.717) is 11.4 Å². The van der Waals surface area contributed by atoms with Crippen LogP contribution in [0, 0.1) is 5.82 Å². The van der Waals surface area contributed by atoms with E-state index in [1.165, 1.54) is 6.07 Å². The number of fused-ring (bicyclic) bond motifs is 1. The molecule has 0 bridgehead atoms. The van der Waals surface area contributed by atoms with Crippen LogP contribution < -0.4 is 10.1 Å². The van der Waals surface area contributed by atoms with Crippen molar-refractivity contribution < 1.29 is 9.13 Å². The van der Waals surface area contributed by atoms with E-state index in [-0.39, 0.29) is 17.2 Å². The van der Waals surface area contributed by atoms with Crippen molar-refractivity contribution >= 4 is 23.2 Å². The molecule has 2 aromatic rings. The molecule has 0 saturated carbocycles. The Morgan fingerprint density at radius 1 is 1.19 bits per heavy atom. The second-order valence-electron chi connectivity index (χ2n) is 5.04. The molecular formula is C16H14Cl2FNO. The number of rotatable bonds is 2. The molecule has 5 heteroatoms. The largest absolute Gasteiger partial charge is 0.485 e. The summed E-state index contributed by atoms with van der Waals surface area (Å²) in [5.74, 6) is 0.339. The van der Waals surface area contributed by atoms with E-state index in [4.69, 9.17) is 27.9 Å². The van der Waals surface area contributed by atoms with E-state index >= 15 is 0 Å². The first kappa shape index (κ1) is 14.6. The van der Waals surface area contributed by atoms with Gasteiger partial charge in [0.25, 0.3) is 0 Å². The maximum absolute atomic E-state index is 13.6. The Balaban J connectivity index is 1.96. The van der Waals surface area contributed by atoms with Crippen LogP contribution >= 0.6 is 23.2 Å². The first-order valence-electron chi connectivity index (χ1n) is 6.67. The van der Waals surface area contributed by atoms with Gasteiger partial charge >= 0.3 is 0 Å². The topological polar surface area (TPSA) is 21.3 Å². The lowest BCUT2D eigenvalue weighted by Gasteiger charge is -2.32. The minimum Gasteiger partial charge on any atom is -0.485 e. The summed E-state index contributed by atoms with van der Waals surface area (Å²) in [4.78, 5) is 0. The zero-order valence-corrected chi connectivity index (χ0v) is 12.9. The average molecular weight is 326 g/mol. The van der Waals surface area contributed by atoms with Gasteiger partial charge in [0.2, 0.25) is 0 Å². The summed E-state index contributed by atoms with van der Waals surface area (Å²) in [6.07, 6.45) is 0.480. The van der Waals surface area contributed by atoms with Crippen molar-refractivity contribution in [2.45, 2.75) is 18.6 Å². The van der Waals surface area contributed by atoms with Gasteiger partial charge in [0.1, 0.15) is 17.7 Å². The van der Waals surface area contributed by atoms with E-state index in [9.17, 15) is 4.39 Å². The molecule has 1 heterocycles. The predicted molar refractivity (Wildman–Crippen MR) is 82.6 cm³/mol. The Labute approximate surface area is 132 Å². The molecule has 1 aliphatic heterocycles. The molecule has 1 N–H and O–H groups in total. The maximum Gasteiger partial charge on any atom is 0.142 e. The van der Waals surface area contributed by atoms with Gasteiger partial charge in [-0.25, -0.2) is 4.39 Å². The zero-order valence-electron chi connectivity index (χ0n) is 11.4. The van der Waals surface area contributed by atoms with Crippen LogP contribution in [-0.2, 0) is 0 Å². The van der Waals surface area contributed by atoms with Gasteiger partial charge in [0.15, 0.2) is 0 Å². The second kappa shape index (κ2) is 5.84. The van der Waals surface area contributed by atoms with Crippen molar-refractivity contribution in [2.24, 2.45) is 0 Å². The third-order valence-corrected chi connectivity index (χ3v) is 4.27. The lowest BCUT2D eigenvalue weighted by molar-refractivity contribution is 0.153. The average Bonchev–Trinajstić information content (AvgIpc) is 2.49. The molecule has 3 rings (SSSR count). The van der Waals surface area contributed by atoms with E-state index in [0.717, 1.165) is 16.9 Å². The number of ether oxygens (including phenoxy) is 1. The molecule has 0 radical (unpaired) electrons. The lowest BCUT2D eigenvalue weighted by atomic mass is 9.93. The molecule has 0 aromatic heterocycles. The summed E-state index contributed by atoms with van der Waals surface area (Å²) in [5, 5.41) is 4.05. The minimum atomic E-state index is -0.430. The van der Waals surface area contributed by atoms with Gasteiger partial charge in [-0.2, -0.15) is 0 Å². The van der Waals surface area contributed by atoms with Crippen LogP contribution in [0.3, 0.4) is 0 Å². The molecule has 0 spiro atoms. The fourth-order valence-electron chi connectivity index (χ4n) is 2.63. The number of hydrogen-bond acceptors (Lipinski definition) is 2. The van der Waals surface area contributed by atoms with Gasteiger partial charge in [-0.05, 0) is 42.9 Å². The van der Waals surface area contributed by atoms with Gasteiger partial charge in [0.05, 0.1) is 5.02 Å². The van der Waals surface area contributed by atoms with Crippen molar-refractivity contribution in [1.29, 1.82) is 0 Å². The third kappa shape index (κ3) is 2.86. The van der Waals surface area contributed by atoms with E-state index < -0.39 is 5.82 Å². The van der Waals surface area contributed by atoms with Crippen molar-refractivity contribution in [3.8, 4) is 5.75 Å². The SMILES string of the molecule is CNC1CC(c2ccc(Cl)c(F)c2)Oc2ccc(Cl)cc21. The normalized spacial score (nSPS) is 20.8. The first-order chi connectivity index (χ1) is 10.1. The molecular weight excluding hydrogens is 312 g/mol. The fourth-order valence-corrected chi connectivity index (χ4v) is 2.93. The van der Waals surface area contributed by atoms with Gasteiger partial charge < -0.3 is 10.1 Å². The Hall–Kier alpha value is -1.29. The Bertz CT molecular complexity index is 677. The maximum atomic E-state index is 13.6. The molecule has 0 aliphatic carbocycles. The highest BCUT2D eigenvalue weighted by atomic mass is 35.5. The van der Waals surface area contributed by atoms with Crippen molar-refractivity contribution in [3.63, 3.8) is 0 Å². The molecule has 21 heavy (non-hydrogen) atoms. The van der Waals surface area contributed by atoms with Crippen molar-refractivity contribution in [3.05, 3.63) is 63.4 Å². The van der Waals surface area contributed by atoms with Crippen LogP contribution in [0.25, 0.3) is 0 Å². The van der Waals surface area contributed by atoms with Crippen LogP contribution in [0.2, 0.25) is 10.0 Å². The summed E-state index contributed by atoms with van der Waals surface area (Å²) in [6, 6.07) is 10.4. The number of nitrogens with one attached hydrogen (secondary N) is 1. The molecule has 1 aliphatic rings. The van der Waals surface area contributed by atoms with Crippen LogP contribution in [-0.4, -0.2) is 7.05 Å². The summed E-state index contributed by atoms with van der Waals surface area (Å²) < 4.78 is 19.6.